The number of hydrogen-bond donors (Lipinski definition) is 0. The summed E-state index contributed by atoms with van der Waals surface area (Å²) in [5.74, 6) is 1.66. The molecule has 5 nitrogen and oxygen atoms in total. The number of benzene rings is 2. The van der Waals surface area contributed by atoms with Crippen molar-refractivity contribution in [2.45, 2.75) is 24.8 Å². The minimum atomic E-state index is 0.774. The van der Waals surface area contributed by atoms with E-state index in [0.29, 0.717) is 0 Å². The Kier molecular flexibility index (Phi) is 6.50. The molecule has 0 unspecified atom stereocenters. The van der Waals surface area contributed by atoms with Gasteiger partial charge in [0.25, 0.3) is 0 Å². The molecule has 0 aliphatic heterocycles. The van der Waals surface area contributed by atoms with Crippen molar-refractivity contribution in [2.24, 2.45) is 7.05 Å². The second-order valence-electron chi connectivity index (χ2n) is 6.88. The zero-order valence-electron chi connectivity index (χ0n) is 17.4. The summed E-state index contributed by atoms with van der Waals surface area (Å²) in [5, 5.41) is 12.9. The van der Waals surface area contributed by atoms with E-state index >= 15 is 0 Å². The number of thioether (sulfide) groups is 1. The van der Waals surface area contributed by atoms with Crippen LogP contribution in [0.2, 0.25) is 0 Å². The van der Waals surface area contributed by atoms with E-state index in [-0.39, 0.29) is 0 Å². The maximum absolute atomic E-state index is 4.77. The highest BCUT2D eigenvalue weighted by molar-refractivity contribution is 7.98. The standard InChI is InChI=1S/C23H25N5S2/c1-4-28(5-2)20-13-11-17(12-14-20)21-25-26-23(27(21)3)30-16-19-15-29-22(24-19)18-9-7-6-8-10-18/h6-15H,4-5,16H2,1-3H3. The monoisotopic (exact) mass is 435 g/mol. The lowest BCUT2D eigenvalue weighted by atomic mass is 10.2. The molecular weight excluding hydrogens is 410 g/mol. The molecule has 4 rings (SSSR count). The highest BCUT2D eigenvalue weighted by Gasteiger charge is 2.13. The van der Waals surface area contributed by atoms with Gasteiger partial charge in [0.2, 0.25) is 0 Å². The Labute approximate surface area is 185 Å². The fourth-order valence-electron chi connectivity index (χ4n) is 3.33. The third kappa shape index (κ3) is 4.42. The summed E-state index contributed by atoms with van der Waals surface area (Å²) in [6.45, 7) is 6.36. The topological polar surface area (TPSA) is 46.8 Å². The van der Waals surface area contributed by atoms with E-state index in [0.717, 1.165) is 51.7 Å². The van der Waals surface area contributed by atoms with E-state index in [2.05, 4.69) is 75.3 Å². The van der Waals surface area contributed by atoms with Crippen LogP contribution in [0.3, 0.4) is 0 Å². The minimum absolute atomic E-state index is 0.774. The van der Waals surface area contributed by atoms with Crippen LogP contribution in [0.15, 0.2) is 65.1 Å². The van der Waals surface area contributed by atoms with Crippen LogP contribution in [0.4, 0.5) is 5.69 Å². The predicted molar refractivity (Wildman–Crippen MR) is 127 cm³/mol. The first kappa shape index (κ1) is 20.6. The lowest BCUT2D eigenvalue weighted by Crippen LogP contribution is -2.21. The number of aromatic nitrogens is 4. The number of nitrogens with zero attached hydrogens (tertiary/aromatic N) is 5. The van der Waals surface area contributed by atoms with E-state index in [1.54, 1.807) is 23.1 Å². The van der Waals surface area contributed by atoms with Crippen molar-refractivity contribution in [3.63, 3.8) is 0 Å². The quantitative estimate of drug-likeness (QED) is 0.330. The van der Waals surface area contributed by atoms with Crippen molar-refractivity contribution in [3.05, 3.63) is 65.7 Å². The molecular formula is C23H25N5S2. The third-order valence-corrected chi connectivity index (χ3v) is 7.00. The molecule has 0 amide bonds. The Bertz CT molecular complexity index is 1080. The molecule has 0 fully saturated rings. The molecule has 2 aromatic carbocycles. The molecule has 30 heavy (non-hydrogen) atoms. The fourth-order valence-corrected chi connectivity index (χ4v) is 5.06. The van der Waals surface area contributed by atoms with Crippen LogP contribution >= 0.6 is 23.1 Å². The second kappa shape index (κ2) is 9.45. The molecule has 7 heteroatoms. The van der Waals surface area contributed by atoms with Crippen molar-refractivity contribution in [2.75, 3.05) is 18.0 Å². The van der Waals surface area contributed by atoms with Crippen molar-refractivity contribution >= 4 is 28.8 Å². The van der Waals surface area contributed by atoms with Crippen molar-refractivity contribution in [1.82, 2.24) is 19.7 Å². The van der Waals surface area contributed by atoms with Gasteiger partial charge in [-0.15, -0.1) is 21.5 Å². The summed E-state index contributed by atoms with van der Waals surface area (Å²) in [7, 11) is 2.02. The number of hydrogen-bond acceptors (Lipinski definition) is 6. The molecule has 0 aliphatic rings. The average molecular weight is 436 g/mol. The number of rotatable bonds is 8. The molecule has 154 valence electrons. The molecule has 0 saturated carbocycles. The van der Waals surface area contributed by atoms with Gasteiger partial charge in [-0.2, -0.15) is 0 Å². The Morgan fingerprint density at radius 1 is 0.933 bits per heavy atom. The Hall–Kier alpha value is -2.64. The molecule has 0 radical (unpaired) electrons. The Morgan fingerprint density at radius 3 is 2.37 bits per heavy atom. The third-order valence-electron chi connectivity index (χ3n) is 5.01. The first-order chi connectivity index (χ1) is 14.7. The van der Waals surface area contributed by atoms with Gasteiger partial charge in [0, 0.05) is 48.1 Å². The van der Waals surface area contributed by atoms with Gasteiger partial charge in [-0.1, -0.05) is 42.1 Å². The maximum Gasteiger partial charge on any atom is 0.191 e. The van der Waals surface area contributed by atoms with Crippen molar-refractivity contribution in [1.29, 1.82) is 0 Å². The van der Waals surface area contributed by atoms with E-state index in [4.69, 9.17) is 4.98 Å². The van der Waals surface area contributed by atoms with Crippen LogP contribution in [-0.4, -0.2) is 32.8 Å². The first-order valence-corrected chi connectivity index (χ1v) is 11.9. The van der Waals surface area contributed by atoms with Crippen LogP contribution < -0.4 is 4.90 Å². The summed E-state index contributed by atoms with van der Waals surface area (Å²) < 4.78 is 2.06. The first-order valence-electron chi connectivity index (χ1n) is 10.1. The van der Waals surface area contributed by atoms with Gasteiger partial charge >= 0.3 is 0 Å². The summed E-state index contributed by atoms with van der Waals surface area (Å²) in [6, 6.07) is 18.9. The van der Waals surface area contributed by atoms with Gasteiger partial charge in [-0.25, -0.2) is 4.98 Å². The molecule has 0 aliphatic carbocycles. The average Bonchev–Trinajstić information content (AvgIpc) is 3.41. The minimum Gasteiger partial charge on any atom is -0.372 e. The zero-order chi connectivity index (χ0) is 20.9. The van der Waals surface area contributed by atoms with Crippen molar-refractivity contribution in [3.8, 4) is 22.0 Å². The lowest BCUT2D eigenvalue weighted by molar-refractivity contribution is 0.793. The molecule has 0 atom stereocenters. The van der Waals surface area contributed by atoms with Gasteiger partial charge in [0.1, 0.15) is 5.01 Å². The SMILES string of the molecule is CCN(CC)c1ccc(-c2nnc(SCc3csc(-c4ccccc4)n3)n2C)cc1. The van der Waals surface area contributed by atoms with Gasteiger partial charge in [0.15, 0.2) is 11.0 Å². The molecule has 0 bridgehead atoms. The van der Waals surface area contributed by atoms with Crippen LogP contribution in [0.25, 0.3) is 22.0 Å². The van der Waals surface area contributed by atoms with E-state index in [9.17, 15) is 0 Å². The molecule has 2 aromatic heterocycles. The normalized spacial score (nSPS) is 11.0. The second-order valence-corrected chi connectivity index (χ2v) is 8.68. The largest absolute Gasteiger partial charge is 0.372 e. The van der Waals surface area contributed by atoms with Gasteiger partial charge in [-0.05, 0) is 38.1 Å². The Morgan fingerprint density at radius 2 is 1.67 bits per heavy atom. The summed E-state index contributed by atoms with van der Waals surface area (Å²) >= 11 is 3.34. The van der Waals surface area contributed by atoms with Gasteiger partial charge < -0.3 is 9.47 Å². The molecule has 0 N–H and O–H groups in total. The van der Waals surface area contributed by atoms with Crippen LogP contribution in [0.1, 0.15) is 19.5 Å². The van der Waals surface area contributed by atoms with Crippen LogP contribution in [0.5, 0.6) is 0 Å². The highest BCUT2D eigenvalue weighted by Crippen LogP contribution is 2.29. The number of anilines is 1. The smallest absolute Gasteiger partial charge is 0.191 e. The van der Waals surface area contributed by atoms with Gasteiger partial charge in [0.05, 0.1) is 5.69 Å². The lowest BCUT2D eigenvalue weighted by Gasteiger charge is -2.21. The molecule has 2 heterocycles. The van der Waals surface area contributed by atoms with Crippen molar-refractivity contribution < 1.29 is 0 Å². The predicted octanol–water partition coefficient (Wildman–Crippen LogP) is 5.74. The molecule has 0 spiro atoms. The number of thiazole rings is 1. The van der Waals surface area contributed by atoms with E-state index in [1.165, 1.54) is 5.69 Å². The van der Waals surface area contributed by atoms with Gasteiger partial charge in [-0.3, -0.25) is 0 Å². The van der Waals surface area contributed by atoms with Crippen LogP contribution in [0, 0.1) is 0 Å². The fraction of sp³-hybridized carbons (Fsp3) is 0.261. The van der Waals surface area contributed by atoms with E-state index in [1.807, 2.05) is 25.2 Å². The van der Waals surface area contributed by atoms with E-state index < -0.39 is 0 Å². The Balaban J connectivity index is 1.44. The molecule has 0 saturated heterocycles. The summed E-state index contributed by atoms with van der Waals surface area (Å²) in [6.07, 6.45) is 0. The highest BCUT2D eigenvalue weighted by atomic mass is 32.2. The summed E-state index contributed by atoms with van der Waals surface area (Å²) in [5.41, 5.74) is 4.54. The van der Waals surface area contributed by atoms with Crippen LogP contribution in [-0.2, 0) is 12.8 Å². The summed E-state index contributed by atoms with van der Waals surface area (Å²) in [4.78, 5) is 7.10. The maximum atomic E-state index is 4.77. The zero-order valence-corrected chi connectivity index (χ0v) is 19.1. The molecule has 4 aromatic rings.